The van der Waals surface area contributed by atoms with Gasteiger partial charge < -0.3 is 19.7 Å². The Morgan fingerprint density at radius 3 is 2.88 bits per heavy atom. The number of anilines is 1. The monoisotopic (exact) mass is 467 g/mol. The minimum Gasteiger partial charge on any atom is -0.489 e. The third-order valence-electron chi connectivity index (χ3n) is 6.54. The highest BCUT2D eigenvalue weighted by molar-refractivity contribution is 5.70. The zero-order valence-corrected chi connectivity index (χ0v) is 19.4. The number of ether oxygens (including phenoxy) is 1. The lowest BCUT2D eigenvalue weighted by molar-refractivity contribution is -0.143. The summed E-state index contributed by atoms with van der Waals surface area (Å²) in [5.74, 6) is 0.995. The molecule has 0 bridgehead atoms. The maximum atomic E-state index is 11.3. The van der Waals surface area contributed by atoms with Gasteiger partial charge in [0.2, 0.25) is 0 Å². The van der Waals surface area contributed by atoms with Crippen LogP contribution in [-0.2, 0) is 24.8 Å². The highest BCUT2D eigenvalue weighted by Crippen LogP contribution is 2.32. The number of aliphatic carboxylic acids is 1. The maximum absolute atomic E-state index is 11.3. The van der Waals surface area contributed by atoms with Gasteiger partial charge in [-0.2, -0.15) is 4.98 Å². The van der Waals surface area contributed by atoms with Crippen molar-refractivity contribution in [2.45, 2.75) is 64.5 Å². The van der Waals surface area contributed by atoms with Gasteiger partial charge in [-0.25, -0.2) is 9.67 Å². The minimum atomic E-state index is -0.748. The number of aryl methyl sites for hydroxylation is 2. The molecule has 5 rings (SSSR count). The van der Waals surface area contributed by atoms with E-state index in [1.54, 1.807) is 4.68 Å². The predicted molar refractivity (Wildman–Crippen MR) is 121 cm³/mol. The van der Waals surface area contributed by atoms with Gasteiger partial charge in [0.1, 0.15) is 11.4 Å². The van der Waals surface area contributed by atoms with Gasteiger partial charge in [-0.3, -0.25) is 4.79 Å². The Balaban J connectivity index is 1.26. The molecule has 180 valence electrons. The molecule has 0 unspecified atom stereocenters. The molecule has 3 heterocycles. The molecular weight excluding hydrogens is 438 g/mol. The minimum absolute atomic E-state index is 0.114. The van der Waals surface area contributed by atoms with E-state index in [4.69, 9.17) is 14.2 Å². The van der Waals surface area contributed by atoms with Crippen LogP contribution < -0.4 is 10.1 Å². The van der Waals surface area contributed by atoms with E-state index in [-0.39, 0.29) is 12.0 Å². The normalized spacial score (nSPS) is 20.3. The number of carboxylic acid groups (broad SMARTS) is 1. The number of nitrogens with zero attached hydrogens (tertiary/aromatic N) is 6. The molecule has 0 radical (unpaired) electrons. The number of hydrogen-bond donors (Lipinski definition) is 2. The third-order valence-corrected chi connectivity index (χ3v) is 6.54. The zero-order chi connectivity index (χ0) is 23.7. The largest absolute Gasteiger partial charge is 0.489 e. The highest BCUT2D eigenvalue weighted by atomic mass is 16.5. The molecule has 2 aliphatic rings. The molecule has 2 saturated carbocycles. The molecular formula is C23H29N7O4. The van der Waals surface area contributed by atoms with Crippen LogP contribution in [0.4, 0.5) is 6.01 Å². The SMILES string of the molecule is Cc1nc(-c2nnn(C)c2CNc2nc(CC3CC3)no2)ccc1O[C@H]1CCC[C@H](C(=O)O)C1. The molecule has 0 spiro atoms. The van der Waals surface area contributed by atoms with Crippen LogP contribution >= 0.6 is 0 Å². The van der Waals surface area contributed by atoms with E-state index in [9.17, 15) is 9.90 Å². The van der Waals surface area contributed by atoms with E-state index in [0.29, 0.717) is 48.5 Å². The van der Waals surface area contributed by atoms with E-state index in [2.05, 4.69) is 25.8 Å². The zero-order valence-electron chi connectivity index (χ0n) is 19.4. The average Bonchev–Trinajstić information content (AvgIpc) is 3.40. The number of carboxylic acids is 1. The second-order valence-electron chi connectivity index (χ2n) is 9.25. The topological polar surface area (TPSA) is 141 Å². The Hall–Kier alpha value is -3.50. The van der Waals surface area contributed by atoms with E-state index in [1.165, 1.54) is 12.8 Å². The number of pyridine rings is 1. The first-order valence-corrected chi connectivity index (χ1v) is 11.8. The van der Waals surface area contributed by atoms with Gasteiger partial charge in [0.15, 0.2) is 5.82 Å². The first kappa shape index (κ1) is 22.3. The Morgan fingerprint density at radius 2 is 2.12 bits per heavy atom. The molecule has 34 heavy (non-hydrogen) atoms. The smallest absolute Gasteiger partial charge is 0.321 e. The number of aromatic nitrogens is 6. The molecule has 2 aliphatic carbocycles. The van der Waals surface area contributed by atoms with Crippen molar-refractivity contribution in [3.63, 3.8) is 0 Å². The molecule has 11 nitrogen and oxygen atoms in total. The molecule has 0 saturated heterocycles. The fourth-order valence-corrected chi connectivity index (χ4v) is 4.38. The first-order chi connectivity index (χ1) is 16.5. The molecule has 2 fully saturated rings. The van der Waals surface area contributed by atoms with Crippen molar-refractivity contribution in [3.8, 4) is 17.1 Å². The second-order valence-corrected chi connectivity index (χ2v) is 9.25. The van der Waals surface area contributed by atoms with E-state index < -0.39 is 5.97 Å². The van der Waals surface area contributed by atoms with Gasteiger partial charge in [0, 0.05) is 13.5 Å². The lowest BCUT2D eigenvalue weighted by atomic mass is 9.87. The molecule has 0 amide bonds. The summed E-state index contributed by atoms with van der Waals surface area (Å²) >= 11 is 0. The van der Waals surface area contributed by atoms with E-state index in [0.717, 1.165) is 36.5 Å². The predicted octanol–water partition coefficient (Wildman–Crippen LogP) is 3.16. The summed E-state index contributed by atoms with van der Waals surface area (Å²) in [7, 11) is 1.83. The van der Waals surface area contributed by atoms with Crippen molar-refractivity contribution < 1.29 is 19.2 Å². The Bertz CT molecular complexity index is 1170. The van der Waals surface area contributed by atoms with E-state index in [1.807, 2.05) is 26.1 Å². The van der Waals surface area contributed by atoms with Crippen molar-refractivity contribution >= 4 is 12.0 Å². The summed E-state index contributed by atoms with van der Waals surface area (Å²) in [6, 6.07) is 4.10. The lowest BCUT2D eigenvalue weighted by Crippen LogP contribution is -2.29. The van der Waals surface area contributed by atoms with Crippen molar-refractivity contribution in [1.29, 1.82) is 0 Å². The summed E-state index contributed by atoms with van der Waals surface area (Å²) in [5, 5.41) is 25.0. The van der Waals surface area contributed by atoms with E-state index >= 15 is 0 Å². The summed E-state index contributed by atoms with van der Waals surface area (Å²) in [6.45, 7) is 2.28. The van der Waals surface area contributed by atoms with Crippen molar-refractivity contribution in [3.05, 3.63) is 29.3 Å². The van der Waals surface area contributed by atoms with Crippen LogP contribution in [-0.4, -0.2) is 47.3 Å². The van der Waals surface area contributed by atoms with Crippen molar-refractivity contribution in [1.82, 2.24) is 30.1 Å². The highest BCUT2D eigenvalue weighted by Gasteiger charge is 2.29. The molecule has 2 atom stereocenters. The van der Waals surface area contributed by atoms with Crippen LogP contribution in [0.5, 0.6) is 5.75 Å². The number of carbonyl (C=O) groups is 1. The average molecular weight is 468 g/mol. The summed E-state index contributed by atoms with van der Waals surface area (Å²) < 4.78 is 13.1. The lowest BCUT2D eigenvalue weighted by Gasteiger charge is -2.27. The van der Waals surface area contributed by atoms with Gasteiger partial charge in [-0.15, -0.1) is 5.10 Å². The molecule has 2 N–H and O–H groups in total. The van der Waals surface area contributed by atoms with Crippen molar-refractivity contribution in [2.75, 3.05) is 5.32 Å². The van der Waals surface area contributed by atoms with Crippen LogP contribution in [0.1, 0.15) is 55.7 Å². The first-order valence-electron chi connectivity index (χ1n) is 11.8. The molecule has 3 aromatic rings. The Kier molecular flexibility index (Phi) is 6.16. The van der Waals surface area contributed by atoms with Gasteiger partial charge in [-0.05, 0) is 63.5 Å². The maximum Gasteiger partial charge on any atom is 0.321 e. The Morgan fingerprint density at radius 1 is 1.26 bits per heavy atom. The fourth-order valence-electron chi connectivity index (χ4n) is 4.38. The summed E-state index contributed by atoms with van der Waals surface area (Å²) in [5.41, 5.74) is 2.90. The number of nitrogens with one attached hydrogen (secondary N) is 1. The second kappa shape index (κ2) is 9.40. The third kappa shape index (κ3) is 5.02. The molecule has 11 heteroatoms. The van der Waals surface area contributed by atoms with Crippen LogP contribution in [0.3, 0.4) is 0 Å². The van der Waals surface area contributed by atoms with Crippen LogP contribution in [0.25, 0.3) is 11.4 Å². The van der Waals surface area contributed by atoms with Gasteiger partial charge in [0.05, 0.1) is 35.6 Å². The van der Waals surface area contributed by atoms with Gasteiger partial charge >= 0.3 is 12.0 Å². The van der Waals surface area contributed by atoms with Gasteiger partial charge in [0.25, 0.3) is 0 Å². The summed E-state index contributed by atoms with van der Waals surface area (Å²) in [6.07, 6.45) is 6.15. The molecule has 0 aromatic carbocycles. The Labute approximate surface area is 196 Å². The van der Waals surface area contributed by atoms with Crippen LogP contribution in [0.15, 0.2) is 16.7 Å². The van der Waals surface area contributed by atoms with Gasteiger partial charge in [-0.1, -0.05) is 10.4 Å². The molecule has 0 aliphatic heterocycles. The summed E-state index contributed by atoms with van der Waals surface area (Å²) in [4.78, 5) is 20.5. The molecule has 3 aromatic heterocycles. The number of hydrogen-bond acceptors (Lipinski definition) is 9. The quantitative estimate of drug-likeness (QED) is 0.482. The standard InChI is InChI=1S/C23H29N7O4/c1-13-19(33-16-5-3-4-15(11-16)22(31)32)9-8-17(25-13)21-18(30(2)29-27-21)12-24-23-26-20(28-34-23)10-14-6-7-14/h8-9,14-16H,3-7,10-12H2,1-2H3,(H,31,32)(H,24,26,28)/t15-,16-/m0/s1. The van der Waals surface area contributed by atoms with Crippen molar-refractivity contribution in [2.24, 2.45) is 18.9 Å². The van der Waals surface area contributed by atoms with Crippen LogP contribution in [0.2, 0.25) is 0 Å². The fraction of sp³-hybridized carbons (Fsp3) is 0.565. The van der Waals surface area contributed by atoms with Crippen LogP contribution in [0, 0.1) is 18.8 Å². The number of rotatable bonds is 9.